The average molecular weight is 351 g/mol. The van der Waals surface area contributed by atoms with Gasteiger partial charge in [0.25, 0.3) is 0 Å². The molecule has 0 saturated carbocycles. The van der Waals surface area contributed by atoms with E-state index in [-0.39, 0.29) is 11.5 Å². The Kier molecular flexibility index (Phi) is 6.82. The molecule has 24 heavy (non-hydrogen) atoms. The molecule has 1 heterocycles. The van der Waals surface area contributed by atoms with Crippen LogP contribution in [0.15, 0.2) is 42.5 Å². The van der Waals surface area contributed by atoms with Crippen LogP contribution in [0.2, 0.25) is 0 Å². The monoisotopic (exact) mass is 351 g/mol. The van der Waals surface area contributed by atoms with Crippen LogP contribution < -0.4 is 0 Å². The molecule has 1 fully saturated rings. The molecule has 1 unspecified atom stereocenters. The van der Waals surface area contributed by atoms with Gasteiger partial charge in [-0.2, -0.15) is 4.67 Å². The minimum Gasteiger partial charge on any atom is -0.296 e. The minimum absolute atomic E-state index is 0.0345. The maximum absolute atomic E-state index is 13.5. The summed E-state index contributed by atoms with van der Waals surface area (Å²) in [4.78, 5) is 0. The molecule has 1 aliphatic heterocycles. The van der Waals surface area contributed by atoms with Gasteiger partial charge in [-0.25, -0.2) is 4.57 Å². The molecule has 0 aliphatic carbocycles. The van der Waals surface area contributed by atoms with Crippen molar-refractivity contribution in [3.63, 3.8) is 0 Å². The zero-order valence-electron chi connectivity index (χ0n) is 15.3. The summed E-state index contributed by atoms with van der Waals surface area (Å²) in [6, 6.07) is 10.1. The molecule has 1 atom stereocenters. The smallest absolute Gasteiger partial charge is 0.296 e. The predicted molar refractivity (Wildman–Crippen MR) is 98.8 cm³/mol. The standard InChI is InChI=1S/C19H30NO3P/c1-5-10-18(11-6-2)20(14-17-12-8-7-9-13-17)24(21)22-15-19(3,4)16-23-24/h5,7-10,12-13,18H,6,11,14-16H2,1-4H3/b10-5+. The average Bonchev–Trinajstić information content (AvgIpc) is 2.57. The van der Waals surface area contributed by atoms with E-state index >= 15 is 0 Å². The number of allylic oxidation sites excluding steroid dienone is 1. The topological polar surface area (TPSA) is 38.8 Å². The fraction of sp³-hybridized carbons (Fsp3) is 0.579. The summed E-state index contributed by atoms with van der Waals surface area (Å²) in [6.07, 6.45) is 6.03. The zero-order chi connectivity index (χ0) is 17.6. The van der Waals surface area contributed by atoms with Gasteiger partial charge in [0, 0.05) is 18.0 Å². The summed E-state index contributed by atoms with van der Waals surface area (Å²) < 4.78 is 27.0. The van der Waals surface area contributed by atoms with Crippen molar-refractivity contribution in [3.8, 4) is 0 Å². The van der Waals surface area contributed by atoms with Crippen molar-refractivity contribution in [2.75, 3.05) is 13.2 Å². The highest BCUT2D eigenvalue weighted by Crippen LogP contribution is 2.58. The quantitative estimate of drug-likeness (QED) is 0.486. The van der Waals surface area contributed by atoms with Gasteiger partial charge >= 0.3 is 7.75 Å². The molecular formula is C19H30NO3P. The van der Waals surface area contributed by atoms with Crippen molar-refractivity contribution < 1.29 is 13.6 Å². The Morgan fingerprint density at radius 3 is 2.42 bits per heavy atom. The third-order valence-corrected chi connectivity index (χ3v) is 6.10. The molecule has 0 N–H and O–H groups in total. The van der Waals surface area contributed by atoms with Crippen molar-refractivity contribution in [2.45, 2.75) is 53.1 Å². The van der Waals surface area contributed by atoms with Crippen molar-refractivity contribution in [3.05, 3.63) is 48.0 Å². The van der Waals surface area contributed by atoms with Crippen LogP contribution in [0.25, 0.3) is 0 Å². The van der Waals surface area contributed by atoms with E-state index in [1.807, 2.05) is 48.0 Å². The lowest BCUT2D eigenvalue weighted by molar-refractivity contribution is 0.0163. The molecule has 134 valence electrons. The fourth-order valence-electron chi connectivity index (χ4n) is 2.76. The second kappa shape index (κ2) is 8.44. The number of nitrogens with zero attached hydrogens (tertiary/aromatic N) is 1. The van der Waals surface area contributed by atoms with E-state index in [0.717, 1.165) is 18.4 Å². The van der Waals surface area contributed by atoms with Gasteiger partial charge < -0.3 is 0 Å². The number of hydrogen-bond donors (Lipinski definition) is 0. The van der Waals surface area contributed by atoms with Crippen LogP contribution in [-0.4, -0.2) is 23.9 Å². The Labute approximate surface area is 146 Å². The van der Waals surface area contributed by atoms with Crippen LogP contribution in [0.1, 0.15) is 46.1 Å². The van der Waals surface area contributed by atoms with Crippen LogP contribution >= 0.6 is 7.75 Å². The van der Waals surface area contributed by atoms with Crippen LogP contribution in [0, 0.1) is 5.41 Å². The van der Waals surface area contributed by atoms with E-state index in [2.05, 4.69) is 26.8 Å². The van der Waals surface area contributed by atoms with Crippen LogP contribution in [0.5, 0.6) is 0 Å². The molecule has 0 aromatic heterocycles. The second-order valence-corrected chi connectivity index (χ2v) is 9.11. The summed E-state index contributed by atoms with van der Waals surface area (Å²) in [5.74, 6) is 0. The van der Waals surface area contributed by atoms with Crippen LogP contribution in [-0.2, 0) is 20.2 Å². The molecule has 1 aliphatic rings. The van der Waals surface area contributed by atoms with Gasteiger partial charge in [-0.15, -0.1) is 0 Å². The van der Waals surface area contributed by atoms with Crippen LogP contribution in [0.4, 0.5) is 0 Å². The van der Waals surface area contributed by atoms with E-state index in [4.69, 9.17) is 9.05 Å². The van der Waals surface area contributed by atoms with Crippen molar-refractivity contribution in [1.29, 1.82) is 0 Å². The minimum atomic E-state index is -3.30. The normalized spacial score (nSPS) is 21.2. The molecule has 0 radical (unpaired) electrons. The third-order valence-electron chi connectivity index (χ3n) is 4.12. The molecule has 2 rings (SSSR count). The lowest BCUT2D eigenvalue weighted by Gasteiger charge is -2.41. The molecule has 1 saturated heterocycles. The molecule has 0 bridgehead atoms. The maximum Gasteiger partial charge on any atom is 0.409 e. The van der Waals surface area contributed by atoms with Gasteiger partial charge in [-0.1, -0.05) is 69.7 Å². The third kappa shape index (κ3) is 5.03. The van der Waals surface area contributed by atoms with Gasteiger partial charge in [0.05, 0.1) is 13.2 Å². The van der Waals surface area contributed by atoms with Gasteiger partial charge in [-0.3, -0.25) is 9.05 Å². The Bertz CT molecular complexity index is 572. The fourth-order valence-corrected chi connectivity index (χ4v) is 5.05. The molecule has 4 nitrogen and oxygen atoms in total. The first kappa shape index (κ1) is 19.4. The SMILES string of the molecule is C/C=C/C(CCC)N(Cc1ccccc1)P1(=O)OCC(C)(C)CO1. The Morgan fingerprint density at radius 1 is 1.25 bits per heavy atom. The van der Waals surface area contributed by atoms with E-state index in [0.29, 0.717) is 19.8 Å². The summed E-state index contributed by atoms with van der Waals surface area (Å²) in [6.45, 7) is 9.70. The lowest BCUT2D eigenvalue weighted by atomic mass is 9.97. The first-order valence-electron chi connectivity index (χ1n) is 8.73. The van der Waals surface area contributed by atoms with Gasteiger partial charge in [0.1, 0.15) is 0 Å². The Balaban J connectivity index is 2.29. The first-order chi connectivity index (χ1) is 11.4. The molecule has 1 aromatic carbocycles. The highest BCUT2D eigenvalue weighted by molar-refractivity contribution is 7.51. The first-order valence-corrected chi connectivity index (χ1v) is 10.2. The number of benzene rings is 1. The molecule has 1 aromatic rings. The van der Waals surface area contributed by atoms with Crippen LogP contribution in [0.3, 0.4) is 0 Å². The number of hydrogen-bond acceptors (Lipinski definition) is 3. The van der Waals surface area contributed by atoms with Gasteiger partial charge in [0.15, 0.2) is 0 Å². The van der Waals surface area contributed by atoms with E-state index in [1.54, 1.807) is 0 Å². The van der Waals surface area contributed by atoms with Crippen molar-refractivity contribution >= 4 is 7.75 Å². The largest absolute Gasteiger partial charge is 0.409 e. The predicted octanol–water partition coefficient (Wildman–Crippen LogP) is 5.41. The van der Waals surface area contributed by atoms with E-state index in [9.17, 15) is 4.57 Å². The zero-order valence-corrected chi connectivity index (χ0v) is 16.2. The van der Waals surface area contributed by atoms with Gasteiger partial charge in [-0.05, 0) is 18.9 Å². The highest BCUT2D eigenvalue weighted by Gasteiger charge is 2.43. The maximum atomic E-state index is 13.5. The molecule has 0 amide bonds. The number of rotatable bonds is 7. The van der Waals surface area contributed by atoms with Crippen molar-refractivity contribution in [2.24, 2.45) is 5.41 Å². The Morgan fingerprint density at radius 2 is 1.88 bits per heavy atom. The van der Waals surface area contributed by atoms with E-state index < -0.39 is 7.75 Å². The Hall–Kier alpha value is -0.930. The van der Waals surface area contributed by atoms with Crippen molar-refractivity contribution in [1.82, 2.24) is 4.67 Å². The summed E-state index contributed by atoms with van der Waals surface area (Å²) in [5.41, 5.74) is 1.00. The molecule has 0 spiro atoms. The van der Waals surface area contributed by atoms with E-state index in [1.165, 1.54) is 0 Å². The summed E-state index contributed by atoms with van der Waals surface area (Å²) in [5, 5.41) is 0. The lowest BCUT2D eigenvalue weighted by Crippen LogP contribution is -2.38. The highest BCUT2D eigenvalue weighted by atomic mass is 31.2. The summed E-state index contributed by atoms with van der Waals surface area (Å²) in [7, 11) is -3.30. The molecular weight excluding hydrogens is 321 g/mol. The second-order valence-electron chi connectivity index (χ2n) is 7.14. The molecule has 5 heteroatoms. The van der Waals surface area contributed by atoms with Gasteiger partial charge in [0.2, 0.25) is 0 Å². The summed E-state index contributed by atoms with van der Waals surface area (Å²) >= 11 is 0.